The number of nitrogens with one attached hydrogen (secondary N) is 1. The summed E-state index contributed by atoms with van der Waals surface area (Å²) in [6.07, 6.45) is -0.281. The van der Waals surface area contributed by atoms with Crippen LogP contribution in [0.25, 0.3) is 0 Å². The maximum atomic E-state index is 11.5. The number of aliphatic carboxylic acids is 1. The summed E-state index contributed by atoms with van der Waals surface area (Å²) in [7, 11) is 0. The number of ether oxygens (including phenoxy) is 1. The van der Waals surface area contributed by atoms with Crippen LogP contribution in [0.3, 0.4) is 0 Å². The zero-order valence-corrected chi connectivity index (χ0v) is 9.09. The first-order chi connectivity index (χ1) is 7.91. The first kappa shape index (κ1) is 13.4. The number of rotatable bonds is 5. The van der Waals surface area contributed by atoms with Crippen molar-refractivity contribution in [1.82, 2.24) is 5.32 Å². The Kier molecular flexibility index (Phi) is 4.41. The lowest BCUT2D eigenvalue weighted by atomic mass is 10.0. The van der Waals surface area contributed by atoms with Crippen LogP contribution in [0.1, 0.15) is 6.42 Å². The summed E-state index contributed by atoms with van der Waals surface area (Å²) in [6.45, 7) is 0.164. The van der Waals surface area contributed by atoms with Gasteiger partial charge in [-0.25, -0.2) is 0 Å². The van der Waals surface area contributed by atoms with Gasteiger partial charge in [0.25, 0.3) is 0 Å². The van der Waals surface area contributed by atoms with Crippen LogP contribution < -0.4 is 16.8 Å². The van der Waals surface area contributed by atoms with Crippen molar-refractivity contribution in [1.29, 1.82) is 0 Å². The third-order valence-corrected chi connectivity index (χ3v) is 2.48. The summed E-state index contributed by atoms with van der Waals surface area (Å²) >= 11 is 0. The normalized spacial score (nSPS) is 25.2. The van der Waals surface area contributed by atoms with Crippen molar-refractivity contribution >= 4 is 17.8 Å². The van der Waals surface area contributed by atoms with E-state index in [4.69, 9.17) is 21.3 Å². The number of amides is 2. The monoisotopic (exact) mass is 245 g/mol. The average molecular weight is 245 g/mol. The van der Waals surface area contributed by atoms with Crippen molar-refractivity contribution in [2.75, 3.05) is 13.2 Å². The Bertz CT molecular complexity index is 333. The van der Waals surface area contributed by atoms with E-state index in [0.29, 0.717) is 0 Å². The van der Waals surface area contributed by atoms with Gasteiger partial charge in [0, 0.05) is 0 Å². The lowest BCUT2D eigenvalue weighted by Gasteiger charge is -2.18. The van der Waals surface area contributed by atoms with Gasteiger partial charge in [-0.1, -0.05) is 0 Å². The minimum Gasteiger partial charge on any atom is -0.481 e. The van der Waals surface area contributed by atoms with Gasteiger partial charge in [0.05, 0.1) is 31.7 Å². The molecule has 2 amide bonds. The summed E-state index contributed by atoms with van der Waals surface area (Å²) in [5.41, 5.74) is 10.3. The summed E-state index contributed by atoms with van der Waals surface area (Å²) in [4.78, 5) is 32.9. The Hall–Kier alpha value is -1.67. The zero-order chi connectivity index (χ0) is 13.0. The van der Waals surface area contributed by atoms with Crippen molar-refractivity contribution < 1.29 is 24.2 Å². The number of carbonyl (C=O) groups excluding carboxylic acids is 2. The van der Waals surface area contributed by atoms with Gasteiger partial charge < -0.3 is 26.6 Å². The highest BCUT2D eigenvalue weighted by molar-refractivity contribution is 5.88. The van der Waals surface area contributed by atoms with Crippen molar-refractivity contribution in [2.45, 2.75) is 18.5 Å². The fraction of sp³-hybridized carbons (Fsp3) is 0.667. The van der Waals surface area contributed by atoms with Crippen molar-refractivity contribution in [3.8, 4) is 0 Å². The van der Waals surface area contributed by atoms with Crippen LogP contribution in [0.4, 0.5) is 0 Å². The summed E-state index contributed by atoms with van der Waals surface area (Å²) in [6, 6.07) is -1.69. The quantitative estimate of drug-likeness (QED) is 0.418. The van der Waals surface area contributed by atoms with Crippen LogP contribution in [0, 0.1) is 5.92 Å². The molecule has 1 saturated heterocycles. The van der Waals surface area contributed by atoms with Crippen LogP contribution in [0.5, 0.6) is 0 Å². The molecule has 0 saturated carbocycles. The topological polar surface area (TPSA) is 145 Å². The number of primary amides is 1. The fourth-order valence-corrected chi connectivity index (χ4v) is 1.54. The van der Waals surface area contributed by atoms with Gasteiger partial charge in [-0.3, -0.25) is 14.4 Å². The molecular weight excluding hydrogens is 230 g/mol. The van der Waals surface area contributed by atoms with Crippen molar-refractivity contribution in [3.05, 3.63) is 0 Å². The Balaban J connectivity index is 2.50. The zero-order valence-electron chi connectivity index (χ0n) is 9.09. The Labute approximate surface area is 97.3 Å². The molecule has 1 aliphatic rings. The van der Waals surface area contributed by atoms with E-state index in [0.717, 1.165) is 0 Å². The van der Waals surface area contributed by atoms with E-state index in [9.17, 15) is 14.4 Å². The lowest BCUT2D eigenvalue weighted by Crippen LogP contribution is -2.50. The minimum atomic E-state index is -1.07. The largest absolute Gasteiger partial charge is 0.481 e. The highest BCUT2D eigenvalue weighted by Gasteiger charge is 2.35. The smallest absolute Gasteiger partial charge is 0.311 e. The molecule has 1 fully saturated rings. The van der Waals surface area contributed by atoms with E-state index in [2.05, 4.69) is 5.32 Å². The molecule has 6 N–H and O–H groups in total. The molecule has 8 heteroatoms. The number of nitrogens with two attached hydrogens (primary N) is 2. The molecule has 1 aliphatic heterocycles. The van der Waals surface area contributed by atoms with Gasteiger partial charge in [0.15, 0.2) is 0 Å². The second kappa shape index (κ2) is 5.60. The van der Waals surface area contributed by atoms with E-state index in [1.807, 2.05) is 0 Å². The van der Waals surface area contributed by atoms with Gasteiger partial charge in [-0.05, 0) is 0 Å². The van der Waals surface area contributed by atoms with Crippen LogP contribution in [0.2, 0.25) is 0 Å². The van der Waals surface area contributed by atoms with Gasteiger partial charge in [0.2, 0.25) is 11.8 Å². The lowest BCUT2D eigenvalue weighted by molar-refractivity contribution is -0.142. The van der Waals surface area contributed by atoms with E-state index in [1.54, 1.807) is 0 Å². The van der Waals surface area contributed by atoms with Crippen LogP contribution in [0.15, 0.2) is 0 Å². The highest BCUT2D eigenvalue weighted by Crippen LogP contribution is 2.13. The van der Waals surface area contributed by atoms with Gasteiger partial charge in [-0.15, -0.1) is 0 Å². The molecule has 0 aromatic rings. The standard InChI is InChI=1S/C9H15N3O5/c10-5(1-7(11)13)8(14)12-6-3-17-2-4(6)9(15)16/h4-6H,1-3,10H2,(H2,11,13)(H,12,14)(H,15,16). The average Bonchev–Trinajstić information content (AvgIpc) is 2.64. The molecule has 1 rings (SSSR count). The van der Waals surface area contributed by atoms with Crippen molar-refractivity contribution in [3.63, 3.8) is 0 Å². The number of carboxylic acid groups (broad SMARTS) is 1. The van der Waals surface area contributed by atoms with E-state index in [1.165, 1.54) is 0 Å². The SMILES string of the molecule is NC(=O)CC(N)C(=O)NC1COCC1C(=O)O. The molecule has 0 aromatic heterocycles. The summed E-state index contributed by atoms with van der Waals surface area (Å²) in [5, 5.41) is 11.3. The van der Waals surface area contributed by atoms with Crippen molar-refractivity contribution in [2.24, 2.45) is 17.4 Å². The molecule has 96 valence electrons. The van der Waals surface area contributed by atoms with Crippen LogP contribution >= 0.6 is 0 Å². The third-order valence-electron chi connectivity index (χ3n) is 2.48. The second-order valence-corrected chi connectivity index (χ2v) is 3.87. The minimum absolute atomic E-state index is 0.0470. The number of carboxylic acids is 1. The molecule has 3 atom stereocenters. The van der Waals surface area contributed by atoms with E-state index < -0.39 is 35.8 Å². The number of carbonyl (C=O) groups is 3. The summed E-state index contributed by atoms with van der Waals surface area (Å²) < 4.78 is 4.96. The van der Waals surface area contributed by atoms with E-state index >= 15 is 0 Å². The fourth-order valence-electron chi connectivity index (χ4n) is 1.54. The van der Waals surface area contributed by atoms with Gasteiger partial charge >= 0.3 is 5.97 Å². The predicted molar refractivity (Wildman–Crippen MR) is 55.7 cm³/mol. The highest BCUT2D eigenvalue weighted by atomic mass is 16.5. The van der Waals surface area contributed by atoms with Crippen LogP contribution in [-0.2, 0) is 19.1 Å². The molecule has 0 radical (unpaired) electrons. The Morgan fingerprint density at radius 1 is 1.41 bits per heavy atom. The second-order valence-electron chi connectivity index (χ2n) is 3.87. The Morgan fingerprint density at radius 2 is 2.06 bits per heavy atom. The molecule has 0 bridgehead atoms. The molecule has 3 unspecified atom stereocenters. The maximum absolute atomic E-state index is 11.5. The molecule has 0 spiro atoms. The predicted octanol–water partition coefficient (Wildman–Crippen LogP) is -2.60. The number of hydrogen-bond donors (Lipinski definition) is 4. The molecular formula is C9H15N3O5. The summed E-state index contributed by atoms with van der Waals surface area (Å²) in [5.74, 6) is -3.13. The van der Waals surface area contributed by atoms with Gasteiger partial charge in [0.1, 0.15) is 5.92 Å². The first-order valence-corrected chi connectivity index (χ1v) is 5.06. The molecule has 8 nitrogen and oxygen atoms in total. The molecule has 0 aliphatic carbocycles. The Morgan fingerprint density at radius 3 is 2.59 bits per heavy atom. The number of hydrogen-bond acceptors (Lipinski definition) is 5. The third kappa shape index (κ3) is 3.68. The first-order valence-electron chi connectivity index (χ1n) is 5.06. The molecule has 17 heavy (non-hydrogen) atoms. The van der Waals surface area contributed by atoms with Gasteiger partial charge in [-0.2, -0.15) is 0 Å². The molecule has 0 aromatic carbocycles. The maximum Gasteiger partial charge on any atom is 0.311 e. The van der Waals surface area contributed by atoms with Crippen LogP contribution in [-0.4, -0.2) is 48.2 Å². The molecule has 1 heterocycles. The van der Waals surface area contributed by atoms with E-state index in [-0.39, 0.29) is 19.6 Å².